The summed E-state index contributed by atoms with van der Waals surface area (Å²) in [7, 11) is 0. The number of carboxylic acid groups (broad SMARTS) is 1. The van der Waals surface area contributed by atoms with Crippen LogP contribution in [0.5, 0.6) is 11.5 Å². The monoisotopic (exact) mass is 544 g/mol. The zero-order valence-electron chi connectivity index (χ0n) is 23.2. The molecule has 0 bridgehead atoms. The third-order valence-electron chi connectivity index (χ3n) is 6.84. The molecule has 0 radical (unpaired) electrons. The number of rotatable bonds is 10. The van der Waals surface area contributed by atoms with Crippen molar-refractivity contribution in [3.05, 3.63) is 95.1 Å². The van der Waals surface area contributed by atoms with Crippen molar-refractivity contribution in [1.82, 2.24) is 0 Å². The van der Waals surface area contributed by atoms with Crippen LogP contribution in [-0.2, 0) is 22.7 Å². The summed E-state index contributed by atoms with van der Waals surface area (Å²) in [5.74, 6) is -3.12. The summed E-state index contributed by atoms with van der Waals surface area (Å²) >= 11 is 0. The van der Waals surface area contributed by atoms with Crippen LogP contribution in [0.4, 0.5) is 0 Å². The molecule has 1 N–H and O–H groups in total. The van der Waals surface area contributed by atoms with E-state index in [1.165, 1.54) is 12.1 Å². The number of aliphatic carboxylic acids is 1. The zero-order valence-corrected chi connectivity index (χ0v) is 23.2. The lowest BCUT2D eigenvalue weighted by molar-refractivity contribution is -0.144. The lowest BCUT2D eigenvalue weighted by atomic mass is 9.75. The molecule has 210 valence electrons. The molecule has 1 aliphatic rings. The lowest BCUT2D eigenvalue weighted by Crippen LogP contribution is -2.33. The number of carbonyl (C=O) groups excluding carboxylic acids is 2. The van der Waals surface area contributed by atoms with Gasteiger partial charge < -0.3 is 19.3 Å². The molecule has 0 heterocycles. The fourth-order valence-electron chi connectivity index (χ4n) is 4.91. The number of esters is 1. The molecule has 4 rings (SSSR count). The van der Waals surface area contributed by atoms with Crippen molar-refractivity contribution in [3.8, 4) is 11.5 Å². The molecule has 1 fully saturated rings. The van der Waals surface area contributed by atoms with Gasteiger partial charge in [-0.3, -0.25) is 9.59 Å². The summed E-state index contributed by atoms with van der Waals surface area (Å²) in [6.07, 6.45) is 2.41. The number of ether oxygens (including phenoxy) is 3. The first-order valence-electron chi connectivity index (χ1n) is 13.6. The molecule has 1 saturated carbocycles. The maximum Gasteiger partial charge on any atom is 0.338 e. The van der Waals surface area contributed by atoms with Gasteiger partial charge in [-0.1, -0.05) is 73.5 Å². The Kier molecular flexibility index (Phi) is 9.25. The van der Waals surface area contributed by atoms with Gasteiger partial charge >= 0.3 is 11.9 Å². The molecule has 7 nitrogen and oxygen atoms in total. The van der Waals surface area contributed by atoms with E-state index in [-0.39, 0.29) is 41.6 Å². The van der Waals surface area contributed by atoms with Crippen molar-refractivity contribution in [2.24, 2.45) is 11.8 Å². The minimum absolute atomic E-state index is 0.143. The Bertz CT molecular complexity index is 1260. The maximum atomic E-state index is 14.1. The van der Waals surface area contributed by atoms with Crippen molar-refractivity contribution in [2.45, 2.75) is 65.3 Å². The quantitative estimate of drug-likeness (QED) is 0.220. The van der Waals surface area contributed by atoms with Crippen LogP contribution in [0.3, 0.4) is 0 Å². The number of benzene rings is 3. The van der Waals surface area contributed by atoms with Crippen LogP contribution in [0.1, 0.15) is 78.3 Å². The third-order valence-corrected chi connectivity index (χ3v) is 6.84. The van der Waals surface area contributed by atoms with Gasteiger partial charge in [-0.15, -0.1) is 0 Å². The minimum Gasteiger partial charge on any atom is -0.488 e. The highest BCUT2D eigenvalue weighted by atomic mass is 16.6. The summed E-state index contributed by atoms with van der Waals surface area (Å²) in [4.78, 5) is 39.4. The van der Waals surface area contributed by atoms with Gasteiger partial charge in [0.15, 0.2) is 5.78 Å². The van der Waals surface area contributed by atoms with Crippen LogP contribution in [0.25, 0.3) is 0 Å². The second-order valence-corrected chi connectivity index (χ2v) is 11.1. The molecule has 40 heavy (non-hydrogen) atoms. The van der Waals surface area contributed by atoms with Gasteiger partial charge in [-0.25, -0.2) is 4.79 Å². The smallest absolute Gasteiger partial charge is 0.338 e. The van der Waals surface area contributed by atoms with Crippen LogP contribution in [0.2, 0.25) is 0 Å². The van der Waals surface area contributed by atoms with E-state index in [1.54, 1.807) is 20.8 Å². The molecular weight excluding hydrogens is 508 g/mol. The van der Waals surface area contributed by atoms with Gasteiger partial charge in [0.2, 0.25) is 0 Å². The number of hydrogen-bond acceptors (Lipinski definition) is 6. The van der Waals surface area contributed by atoms with Crippen molar-refractivity contribution in [1.29, 1.82) is 0 Å². The zero-order chi connectivity index (χ0) is 28.7. The Labute approximate surface area is 235 Å². The average Bonchev–Trinajstić information content (AvgIpc) is 2.94. The summed E-state index contributed by atoms with van der Waals surface area (Å²) in [6, 6.07) is 21.9. The lowest BCUT2D eigenvalue weighted by Gasteiger charge is -2.29. The summed E-state index contributed by atoms with van der Waals surface area (Å²) < 4.78 is 18.0. The van der Waals surface area contributed by atoms with E-state index in [2.05, 4.69) is 0 Å². The highest BCUT2D eigenvalue weighted by molar-refractivity contribution is 6.06. The maximum absolute atomic E-state index is 14.1. The normalized spacial score (nSPS) is 17.1. The van der Waals surface area contributed by atoms with Gasteiger partial charge in [0.05, 0.1) is 11.5 Å². The van der Waals surface area contributed by atoms with Crippen molar-refractivity contribution in [2.75, 3.05) is 0 Å². The van der Waals surface area contributed by atoms with Crippen LogP contribution in [0, 0.1) is 11.8 Å². The first kappa shape index (κ1) is 28.9. The van der Waals surface area contributed by atoms with Crippen LogP contribution >= 0.6 is 0 Å². The topological polar surface area (TPSA) is 99.1 Å². The minimum atomic E-state index is -0.984. The van der Waals surface area contributed by atoms with Crippen molar-refractivity contribution in [3.63, 3.8) is 0 Å². The fourth-order valence-corrected chi connectivity index (χ4v) is 4.91. The molecule has 1 aliphatic carbocycles. The standard InChI is InChI=1S/C33H36O7/c1-33(2,3)40-32(37)24-18-27(38-20-22-12-6-4-7-13-22)29(28(19-24)39-21-23-14-8-5-9-15-23)30(34)25-16-10-11-17-26(25)31(35)36/h4-9,12-15,18-19,25-26H,10-11,16-17,20-21H2,1-3H3,(H,35,36)/t25-,26+/m0/s1. The van der Waals surface area contributed by atoms with E-state index in [0.29, 0.717) is 12.8 Å². The van der Waals surface area contributed by atoms with Crippen molar-refractivity contribution >= 4 is 17.7 Å². The molecule has 0 aliphatic heterocycles. The number of hydrogen-bond donors (Lipinski definition) is 1. The van der Waals surface area contributed by atoms with E-state index in [0.717, 1.165) is 24.0 Å². The number of carbonyl (C=O) groups is 3. The van der Waals surface area contributed by atoms with E-state index in [4.69, 9.17) is 14.2 Å². The van der Waals surface area contributed by atoms with Crippen LogP contribution in [-0.4, -0.2) is 28.4 Å². The molecule has 0 saturated heterocycles. The molecule has 7 heteroatoms. The SMILES string of the molecule is CC(C)(C)OC(=O)c1cc(OCc2ccccc2)c(C(=O)[C@H]2CCCC[C@H]2C(=O)O)c(OCc2ccccc2)c1. The number of Topliss-reactive ketones (excluding diaryl/α,β-unsaturated/α-hetero) is 1. The second-order valence-electron chi connectivity index (χ2n) is 11.1. The highest BCUT2D eigenvalue weighted by Crippen LogP contribution is 2.40. The van der Waals surface area contributed by atoms with Crippen molar-refractivity contribution < 1.29 is 33.7 Å². The molecule has 0 unspecified atom stereocenters. The van der Waals surface area contributed by atoms with Crippen LogP contribution < -0.4 is 9.47 Å². The highest BCUT2D eigenvalue weighted by Gasteiger charge is 2.39. The van der Waals surface area contributed by atoms with Gasteiger partial charge in [0.1, 0.15) is 35.9 Å². The molecular formula is C33H36O7. The summed E-state index contributed by atoms with van der Waals surface area (Å²) in [5, 5.41) is 9.90. The Morgan fingerprint density at radius 2 is 1.25 bits per heavy atom. The molecule has 0 aromatic heterocycles. The van der Waals surface area contributed by atoms with Gasteiger partial charge in [-0.2, -0.15) is 0 Å². The summed E-state index contributed by atoms with van der Waals surface area (Å²) in [6.45, 7) is 5.61. The second kappa shape index (κ2) is 12.8. The molecule has 3 aromatic rings. The predicted molar refractivity (Wildman–Crippen MR) is 151 cm³/mol. The van der Waals surface area contributed by atoms with E-state index in [9.17, 15) is 19.5 Å². The van der Waals surface area contributed by atoms with E-state index >= 15 is 0 Å². The van der Waals surface area contributed by atoms with Crippen LogP contribution in [0.15, 0.2) is 72.8 Å². The summed E-state index contributed by atoms with van der Waals surface area (Å²) in [5.41, 5.74) is 1.33. The third kappa shape index (κ3) is 7.50. The Morgan fingerprint density at radius 1 is 0.775 bits per heavy atom. The van der Waals surface area contributed by atoms with Gasteiger partial charge in [0, 0.05) is 5.92 Å². The van der Waals surface area contributed by atoms with E-state index in [1.807, 2.05) is 60.7 Å². The molecule has 0 amide bonds. The predicted octanol–water partition coefficient (Wildman–Crippen LogP) is 6.87. The van der Waals surface area contributed by atoms with E-state index < -0.39 is 29.4 Å². The van der Waals surface area contributed by atoms with Gasteiger partial charge in [-0.05, 0) is 56.9 Å². The number of carboxylic acids is 1. The largest absolute Gasteiger partial charge is 0.488 e. The molecule has 0 spiro atoms. The fraction of sp³-hybridized carbons (Fsp3) is 0.364. The molecule has 2 atom stereocenters. The number of ketones is 1. The first-order valence-corrected chi connectivity index (χ1v) is 13.6. The van der Waals surface area contributed by atoms with Gasteiger partial charge in [0.25, 0.3) is 0 Å². The Balaban J connectivity index is 1.80. The first-order chi connectivity index (χ1) is 19.1. The molecule has 3 aromatic carbocycles. The Morgan fingerprint density at radius 3 is 1.70 bits per heavy atom. The Hall–Kier alpha value is -4.13. The average molecular weight is 545 g/mol.